The third-order valence-corrected chi connectivity index (χ3v) is 3.17. The fourth-order valence-corrected chi connectivity index (χ4v) is 1.88. The molecule has 122 valence electrons. The third-order valence-electron chi connectivity index (χ3n) is 3.17. The molecular weight excluding hydrogens is 282 g/mol. The molecule has 0 bridgehead atoms. The monoisotopic (exact) mass is 307 g/mol. The van der Waals surface area contributed by atoms with Crippen LogP contribution in [0.1, 0.15) is 34.6 Å². The van der Waals surface area contributed by atoms with Gasteiger partial charge in [-0.25, -0.2) is 4.79 Å². The van der Waals surface area contributed by atoms with E-state index in [0.717, 1.165) is 5.69 Å². The van der Waals surface area contributed by atoms with E-state index in [0.29, 0.717) is 0 Å². The predicted octanol–water partition coefficient (Wildman–Crippen LogP) is 3.01. The van der Waals surface area contributed by atoms with Crippen LogP contribution in [0.3, 0.4) is 0 Å². The van der Waals surface area contributed by atoms with Gasteiger partial charge in [-0.05, 0) is 46.8 Å². The molecule has 0 spiro atoms. The number of rotatable bonds is 5. The maximum Gasteiger partial charge on any atom is 0.329 e. The number of methoxy groups -OCH3 is 1. The Morgan fingerprint density at radius 3 is 2.05 bits per heavy atom. The summed E-state index contributed by atoms with van der Waals surface area (Å²) in [5.74, 6) is -0.974. The summed E-state index contributed by atoms with van der Waals surface area (Å²) < 4.78 is 10.3. The molecule has 1 atom stereocenters. The molecule has 0 amide bonds. The van der Waals surface area contributed by atoms with Crippen molar-refractivity contribution in [2.45, 2.75) is 46.3 Å². The summed E-state index contributed by atoms with van der Waals surface area (Å²) in [5, 5.41) is 3.06. The minimum absolute atomic E-state index is 0.459. The molecule has 0 aliphatic rings. The van der Waals surface area contributed by atoms with Crippen molar-refractivity contribution in [3.05, 3.63) is 30.3 Å². The van der Waals surface area contributed by atoms with Crippen LogP contribution in [0, 0.1) is 5.41 Å². The number of carbonyl (C=O) groups excluding carboxylic acids is 2. The standard InChI is InChI=1S/C17H25NO4/c1-16(2,3)22-15(20)17(4,5)13(14(19)21-6)18-12-10-8-7-9-11-12/h7-11,13,18H,1-6H3/t13-/m1/s1. The second-order valence-corrected chi connectivity index (χ2v) is 6.69. The molecule has 1 N–H and O–H groups in total. The molecule has 0 saturated heterocycles. The van der Waals surface area contributed by atoms with Gasteiger partial charge in [0.25, 0.3) is 0 Å². The van der Waals surface area contributed by atoms with E-state index in [4.69, 9.17) is 9.47 Å². The van der Waals surface area contributed by atoms with Crippen LogP contribution < -0.4 is 5.32 Å². The van der Waals surface area contributed by atoms with Gasteiger partial charge >= 0.3 is 11.9 Å². The summed E-state index contributed by atoms with van der Waals surface area (Å²) >= 11 is 0. The molecule has 5 nitrogen and oxygen atoms in total. The van der Waals surface area contributed by atoms with Crippen LogP contribution in [0.2, 0.25) is 0 Å². The predicted molar refractivity (Wildman–Crippen MR) is 85.5 cm³/mol. The Labute approximate surface area is 132 Å². The van der Waals surface area contributed by atoms with Crippen molar-refractivity contribution in [3.63, 3.8) is 0 Å². The van der Waals surface area contributed by atoms with Gasteiger partial charge in [0.1, 0.15) is 11.6 Å². The zero-order valence-electron chi connectivity index (χ0n) is 14.1. The molecule has 1 aromatic carbocycles. The van der Waals surface area contributed by atoms with Gasteiger partial charge in [-0.3, -0.25) is 4.79 Å². The van der Waals surface area contributed by atoms with Gasteiger partial charge in [0.05, 0.1) is 12.5 Å². The summed E-state index contributed by atoms with van der Waals surface area (Å²) in [6.45, 7) is 8.70. The van der Waals surface area contributed by atoms with E-state index < -0.39 is 29.0 Å². The van der Waals surface area contributed by atoms with Crippen LogP contribution in [-0.4, -0.2) is 30.7 Å². The number of carbonyl (C=O) groups is 2. The maximum atomic E-state index is 12.5. The van der Waals surface area contributed by atoms with Gasteiger partial charge in [-0.15, -0.1) is 0 Å². The number of para-hydroxylation sites is 1. The van der Waals surface area contributed by atoms with Gasteiger partial charge in [0, 0.05) is 5.69 Å². The summed E-state index contributed by atoms with van der Waals surface area (Å²) in [4.78, 5) is 24.6. The first-order chi connectivity index (χ1) is 10.1. The lowest BCUT2D eigenvalue weighted by atomic mass is 9.83. The molecule has 5 heteroatoms. The van der Waals surface area contributed by atoms with Crippen LogP contribution in [0.4, 0.5) is 5.69 Å². The summed E-state index contributed by atoms with van der Waals surface area (Å²) in [6.07, 6.45) is 0. The lowest BCUT2D eigenvalue weighted by Crippen LogP contribution is -2.50. The van der Waals surface area contributed by atoms with Crippen LogP contribution in [0.5, 0.6) is 0 Å². The fourth-order valence-electron chi connectivity index (χ4n) is 1.88. The third kappa shape index (κ3) is 4.76. The van der Waals surface area contributed by atoms with E-state index in [2.05, 4.69) is 5.32 Å². The van der Waals surface area contributed by atoms with Crippen LogP contribution in [0.25, 0.3) is 0 Å². The minimum Gasteiger partial charge on any atom is -0.467 e. The molecule has 1 rings (SSSR count). The highest BCUT2D eigenvalue weighted by Crippen LogP contribution is 2.29. The molecule has 0 unspecified atom stereocenters. The van der Waals surface area contributed by atoms with Crippen molar-refractivity contribution in [3.8, 4) is 0 Å². The molecule has 0 heterocycles. The van der Waals surface area contributed by atoms with Crippen molar-refractivity contribution < 1.29 is 19.1 Å². The zero-order valence-corrected chi connectivity index (χ0v) is 14.1. The molecule has 0 aliphatic carbocycles. The number of hydrogen-bond donors (Lipinski definition) is 1. The smallest absolute Gasteiger partial charge is 0.329 e. The van der Waals surface area contributed by atoms with Crippen molar-refractivity contribution in [1.82, 2.24) is 0 Å². The van der Waals surface area contributed by atoms with Gasteiger partial charge in [0.15, 0.2) is 0 Å². The summed E-state index contributed by atoms with van der Waals surface area (Å²) in [7, 11) is 1.30. The van der Waals surface area contributed by atoms with E-state index in [1.54, 1.807) is 34.6 Å². The Hall–Kier alpha value is -2.04. The second kappa shape index (κ2) is 6.81. The van der Waals surface area contributed by atoms with Crippen LogP contribution >= 0.6 is 0 Å². The lowest BCUT2D eigenvalue weighted by molar-refractivity contribution is -0.170. The van der Waals surface area contributed by atoms with Crippen molar-refractivity contribution in [2.75, 3.05) is 12.4 Å². The highest BCUT2D eigenvalue weighted by Gasteiger charge is 2.44. The molecule has 1 aromatic rings. The Balaban J connectivity index is 3.04. The summed E-state index contributed by atoms with van der Waals surface area (Å²) in [6, 6.07) is 8.35. The van der Waals surface area contributed by atoms with E-state index in [-0.39, 0.29) is 0 Å². The minimum atomic E-state index is -1.09. The maximum absolute atomic E-state index is 12.5. The first-order valence-electron chi connectivity index (χ1n) is 7.21. The fraction of sp³-hybridized carbons (Fsp3) is 0.529. The molecule has 0 aromatic heterocycles. The molecule has 22 heavy (non-hydrogen) atoms. The molecular formula is C17H25NO4. The number of anilines is 1. The average Bonchev–Trinajstić information content (AvgIpc) is 2.43. The second-order valence-electron chi connectivity index (χ2n) is 6.69. The number of esters is 2. The van der Waals surface area contributed by atoms with Crippen molar-refractivity contribution in [2.24, 2.45) is 5.41 Å². The van der Waals surface area contributed by atoms with Crippen LogP contribution in [-0.2, 0) is 19.1 Å². The zero-order chi connectivity index (χ0) is 17.0. The quantitative estimate of drug-likeness (QED) is 0.847. The normalized spacial score (nSPS) is 13.2. The number of nitrogens with one attached hydrogen (secondary N) is 1. The van der Waals surface area contributed by atoms with Gasteiger partial charge in [-0.1, -0.05) is 18.2 Å². The first kappa shape index (κ1) is 18.0. The van der Waals surface area contributed by atoms with Gasteiger partial charge in [0.2, 0.25) is 0 Å². The molecule has 0 fully saturated rings. The number of benzene rings is 1. The van der Waals surface area contributed by atoms with E-state index in [1.807, 2.05) is 30.3 Å². The molecule has 0 radical (unpaired) electrons. The van der Waals surface area contributed by atoms with E-state index in [9.17, 15) is 9.59 Å². The topological polar surface area (TPSA) is 64.6 Å². The SMILES string of the molecule is COC(=O)[C@@H](Nc1ccccc1)C(C)(C)C(=O)OC(C)(C)C. The van der Waals surface area contributed by atoms with E-state index >= 15 is 0 Å². The Bertz CT molecular complexity index is 517. The van der Waals surface area contributed by atoms with Crippen LogP contribution in [0.15, 0.2) is 30.3 Å². The highest BCUT2D eigenvalue weighted by atomic mass is 16.6. The largest absolute Gasteiger partial charge is 0.467 e. The number of hydrogen-bond acceptors (Lipinski definition) is 5. The van der Waals surface area contributed by atoms with Gasteiger partial charge < -0.3 is 14.8 Å². The van der Waals surface area contributed by atoms with Gasteiger partial charge in [-0.2, -0.15) is 0 Å². The summed E-state index contributed by atoms with van der Waals surface area (Å²) in [5.41, 5.74) is -0.979. The Morgan fingerprint density at radius 2 is 1.59 bits per heavy atom. The van der Waals surface area contributed by atoms with Crippen molar-refractivity contribution >= 4 is 17.6 Å². The highest BCUT2D eigenvalue weighted by molar-refractivity contribution is 5.89. The molecule has 0 saturated carbocycles. The lowest BCUT2D eigenvalue weighted by Gasteiger charge is -2.34. The first-order valence-corrected chi connectivity index (χ1v) is 7.21. The van der Waals surface area contributed by atoms with E-state index in [1.165, 1.54) is 7.11 Å². The average molecular weight is 307 g/mol. The Kier molecular flexibility index (Phi) is 5.58. The molecule has 0 aliphatic heterocycles. The number of ether oxygens (including phenoxy) is 2. The Morgan fingerprint density at radius 1 is 1.05 bits per heavy atom. The van der Waals surface area contributed by atoms with Crippen molar-refractivity contribution in [1.29, 1.82) is 0 Å².